The lowest BCUT2D eigenvalue weighted by Gasteiger charge is -2.31. The van der Waals surface area contributed by atoms with Crippen molar-refractivity contribution in [3.05, 3.63) is 70.3 Å². The van der Waals surface area contributed by atoms with Crippen LogP contribution in [0.5, 0.6) is 0 Å². The van der Waals surface area contributed by atoms with Crippen LogP contribution in [0.2, 0.25) is 0 Å². The molecule has 156 valence electrons. The molecule has 2 aromatic carbocycles. The van der Waals surface area contributed by atoms with Gasteiger partial charge in [0.05, 0.1) is 22.6 Å². The Bertz CT molecular complexity index is 1130. The Morgan fingerprint density at radius 2 is 1.80 bits per heavy atom. The lowest BCUT2D eigenvalue weighted by atomic mass is 10.0. The van der Waals surface area contributed by atoms with Crippen molar-refractivity contribution in [2.45, 2.75) is 52.5 Å². The number of aromatic nitrogens is 2. The van der Waals surface area contributed by atoms with Gasteiger partial charge >= 0.3 is 0 Å². The fourth-order valence-corrected chi connectivity index (χ4v) is 4.64. The van der Waals surface area contributed by atoms with E-state index in [1.54, 1.807) is 4.57 Å². The number of nitrogens with zero attached hydrogens (tertiary/aromatic N) is 3. The van der Waals surface area contributed by atoms with Crippen LogP contribution in [0.4, 0.5) is 0 Å². The molecule has 1 saturated carbocycles. The highest BCUT2D eigenvalue weighted by Crippen LogP contribution is 2.30. The summed E-state index contributed by atoms with van der Waals surface area (Å²) >= 11 is 0. The van der Waals surface area contributed by atoms with Gasteiger partial charge in [0.15, 0.2) is 0 Å². The van der Waals surface area contributed by atoms with Gasteiger partial charge in [0.25, 0.3) is 5.56 Å². The van der Waals surface area contributed by atoms with E-state index < -0.39 is 0 Å². The molecule has 1 aliphatic rings. The molecule has 1 aromatic heterocycles. The second-order valence-electron chi connectivity index (χ2n) is 8.20. The third-order valence-electron chi connectivity index (χ3n) is 6.33. The fourth-order valence-electron chi connectivity index (χ4n) is 4.64. The molecule has 0 bridgehead atoms. The smallest absolute Gasteiger partial charge is 0.266 e. The lowest BCUT2D eigenvalue weighted by molar-refractivity contribution is -0.137. The number of hydrogen-bond acceptors (Lipinski definition) is 3. The third-order valence-corrected chi connectivity index (χ3v) is 6.33. The number of fused-ring (bicyclic) bond motifs is 1. The summed E-state index contributed by atoms with van der Waals surface area (Å²) in [7, 11) is 0. The molecule has 0 N–H and O–H groups in total. The van der Waals surface area contributed by atoms with Crippen molar-refractivity contribution in [3.8, 4) is 5.69 Å². The zero-order valence-electron chi connectivity index (χ0n) is 18.0. The molecule has 4 rings (SSSR count). The van der Waals surface area contributed by atoms with Crippen molar-refractivity contribution in [2.24, 2.45) is 5.92 Å². The fraction of sp³-hybridized carbons (Fsp3) is 0.400. The third kappa shape index (κ3) is 3.53. The number of para-hydroxylation sites is 2. The van der Waals surface area contributed by atoms with E-state index in [4.69, 9.17) is 4.98 Å². The van der Waals surface area contributed by atoms with Crippen LogP contribution in [0.15, 0.2) is 53.3 Å². The summed E-state index contributed by atoms with van der Waals surface area (Å²) in [6.07, 6.45) is 4.14. The van der Waals surface area contributed by atoms with Crippen LogP contribution in [0.25, 0.3) is 16.6 Å². The second kappa shape index (κ2) is 8.42. The Morgan fingerprint density at radius 1 is 1.13 bits per heavy atom. The Kier molecular flexibility index (Phi) is 5.71. The van der Waals surface area contributed by atoms with E-state index in [0.717, 1.165) is 36.9 Å². The van der Waals surface area contributed by atoms with Crippen LogP contribution < -0.4 is 5.56 Å². The number of benzene rings is 2. The first-order chi connectivity index (χ1) is 14.5. The van der Waals surface area contributed by atoms with Crippen LogP contribution in [-0.2, 0) is 4.79 Å². The normalized spacial score (nSPS) is 15.4. The molecule has 0 aliphatic heterocycles. The van der Waals surface area contributed by atoms with Crippen molar-refractivity contribution >= 4 is 16.8 Å². The highest BCUT2D eigenvalue weighted by molar-refractivity contribution is 5.80. The molecule has 5 heteroatoms. The predicted molar refractivity (Wildman–Crippen MR) is 120 cm³/mol. The van der Waals surface area contributed by atoms with E-state index in [2.05, 4.69) is 0 Å². The van der Waals surface area contributed by atoms with E-state index >= 15 is 0 Å². The van der Waals surface area contributed by atoms with Gasteiger partial charge in [-0.05, 0) is 57.4 Å². The molecule has 5 nitrogen and oxygen atoms in total. The Labute approximate surface area is 177 Å². The maximum absolute atomic E-state index is 13.6. The van der Waals surface area contributed by atoms with Crippen molar-refractivity contribution in [3.63, 3.8) is 0 Å². The van der Waals surface area contributed by atoms with Crippen molar-refractivity contribution in [2.75, 3.05) is 6.54 Å². The second-order valence-corrected chi connectivity index (χ2v) is 8.20. The first-order valence-corrected chi connectivity index (χ1v) is 10.9. The van der Waals surface area contributed by atoms with E-state index in [1.165, 1.54) is 0 Å². The summed E-state index contributed by atoms with van der Waals surface area (Å²) in [6.45, 7) is 6.57. The van der Waals surface area contributed by atoms with E-state index in [1.807, 2.05) is 74.2 Å². The van der Waals surface area contributed by atoms with Gasteiger partial charge in [-0.2, -0.15) is 0 Å². The lowest BCUT2D eigenvalue weighted by Crippen LogP contribution is -2.40. The standard InChI is InChI=1S/C25H29N3O2/c1-4-27(24(29)19-12-6-7-13-19)18(3)23-26-21-15-9-8-14-20(21)25(30)28(23)22-16-10-5-11-17(22)2/h5,8-11,14-16,18-19H,4,6-7,12-13H2,1-3H3. The monoisotopic (exact) mass is 403 g/mol. The molecule has 0 spiro atoms. The highest BCUT2D eigenvalue weighted by atomic mass is 16.2. The molecular formula is C25H29N3O2. The Morgan fingerprint density at radius 3 is 2.50 bits per heavy atom. The molecule has 30 heavy (non-hydrogen) atoms. The summed E-state index contributed by atoms with van der Waals surface area (Å²) in [5.41, 5.74) is 2.38. The van der Waals surface area contributed by atoms with Crippen LogP contribution in [0.1, 0.15) is 57.0 Å². The van der Waals surface area contributed by atoms with Crippen molar-refractivity contribution in [1.29, 1.82) is 0 Å². The summed E-state index contributed by atoms with van der Waals surface area (Å²) in [4.78, 5) is 33.6. The zero-order valence-corrected chi connectivity index (χ0v) is 18.0. The number of aryl methyl sites for hydroxylation is 1. The largest absolute Gasteiger partial charge is 0.333 e. The van der Waals surface area contributed by atoms with Crippen molar-refractivity contribution < 1.29 is 4.79 Å². The van der Waals surface area contributed by atoms with Crippen LogP contribution in [0.3, 0.4) is 0 Å². The number of amides is 1. The van der Waals surface area contributed by atoms with Gasteiger partial charge in [-0.25, -0.2) is 4.98 Å². The maximum Gasteiger partial charge on any atom is 0.266 e. The summed E-state index contributed by atoms with van der Waals surface area (Å²) in [5, 5.41) is 0.585. The molecular weight excluding hydrogens is 374 g/mol. The molecule has 0 saturated heterocycles. The number of hydrogen-bond donors (Lipinski definition) is 0. The van der Waals surface area contributed by atoms with Gasteiger partial charge < -0.3 is 4.90 Å². The Hall–Kier alpha value is -2.95. The number of carbonyl (C=O) groups is 1. The van der Waals surface area contributed by atoms with Crippen LogP contribution >= 0.6 is 0 Å². The zero-order chi connectivity index (χ0) is 21.3. The van der Waals surface area contributed by atoms with Crippen LogP contribution in [0, 0.1) is 12.8 Å². The number of rotatable bonds is 5. The molecule has 1 atom stereocenters. The van der Waals surface area contributed by atoms with Gasteiger partial charge in [-0.3, -0.25) is 14.2 Å². The summed E-state index contributed by atoms with van der Waals surface area (Å²) in [5.74, 6) is 0.883. The number of carbonyl (C=O) groups excluding carboxylic acids is 1. The molecule has 0 radical (unpaired) electrons. The van der Waals surface area contributed by atoms with E-state index in [-0.39, 0.29) is 23.4 Å². The SMILES string of the molecule is CCN(C(=O)C1CCCC1)C(C)c1nc2ccccc2c(=O)n1-c1ccccc1C. The Balaban J connectivity index is 1.90. The minimum absolute atomic E-state index is 0.0893. The minimum atomic E-state index is -0.306. The minimum Gasteiger partial charge on any atom is -0.333 e. The van der Waals surface area contributed by atoms with Gasteiger partial charge in [-0.1, -0.05) is 43.2 Å². The van der Waals surface area contributed by atoms with E-state index in [9.17, 15) is 9.59 Å². The molecule has 1 heterocycles. The van der Waals surface area contributed by atoms with Gasteiger partial charge in [0.2, 0.25) is 5.91 Å². The average Bonchev–Trinajstić information content (AvgIpc) is 3.30. The topological polar surface area (TPSA) is 55.2 Å². The molecule has 1 fully saturated rings. The van der Waals surface area contributed by atoms with Gasteiger partial charge in [-0.15, -0.1) is 0 Å². The first kappa shape index (κ1) is 20.3. The van der Waals surface area contributed by atoms with Crippen LogP contribution in [-0.4, -0.2) is 26.9 Å². The quantitative estimate of drug-likeness (QED) is 0.615. The molecule has 1 unspecified atom stereocenters. The highest BCUT2D eigenvalue weighted by Gasteiger charge is 2.32. The van der Waals surface area contributed by atoms with Gasteiger partial charge in [0, 0.05) is 12.5 Å². The van der Waals surface area contributed by atoms with Gasteiger partial charge in [0.1, 0.15) is 5.82 Å². The summed E-state index contributed by atoms with van der Waals surface area (Å²) < 4.78 is 1.70. The first-order valence-electron chi connectivity index (χ1n) is 10.9. The van der Waals surface area contributed by atoms with E-state index in [0.29, 0.717) is 23.3 Å². The molecule has 1 amide bonds. The van der Waals surface area contributed by atoms with Crippen molar-refractivity contribution in [1.82, 2.24) is 14.5 Å². The molecule has 1 aliphatic carbocycles. The maximum atomic E-state index is 13.6. The average molecular weight is 404 g/mol. The molecule has 3 aromatic rings. The predicted octanol–water partition coefficient (Wildman–Crippen LogP) is 4.79. The summed E-state index contributed by atoms with van der Waals surface area (Å²) in [6, 6.07) is 15.0.